The van der Waals surface area contributed by atoms with Gasteiger partial charge in [-0.3, -0.25) is 15.0 Å². The van der Waals surface area contributed by atoms with E-state index in [0.29, 0.717) is 11.1 Å². The molecule has 0 radical (unpaired) electrons. The van der Waals surface area contributed by atoms with Gasteiger partial charge in [-0.1, -0.05) is 48.5 Å². The van der Waals surface area contributed by atoms with Gasteiger partial charge in [0, 0.05) is 11.1 Å². The molecule has 0 saturated carbocycles. The first kappa shape index (κ1) is 20.1. The topological polar surface area (TPSA) is 92.8 Å². The fourth-order valence-electron chi connectivity index (χ4n) is 2.56. The summed E-state index contributed by atoms with van der Waals surface area (Å²) in [5.41, 5.74) is 3.26. The van der Waals surface area contributed by atoms with Gasteiger partial charge in [-0.05, 0) is 36.4 Å². The summed E-state index contributed by atoms with van der Waals surface area (Å²) in [6.07, 6.45) is 0.898. The Morgan fingerprint density at radius 2 is 1.31 bits per heavy atom. The molecule has 0 unspecified atom stereocenters. The van der Waals surface area contributed by atoms with Crippen LogP contribution in [0, 0.1) is 0 Å². The van der Waals surface area contributed by atoms with Crippen molar-refractivity contribution in [3.05, 3.63) is 96.1 Å². The molecule has 0 spiro atoms. The highest BCUT2D eigenvalue weighted by Crippen LogP contribution is 2.29. The van der Waals surface area contributed by atoms with Crippen LogP contribution < -0.4 is 14.6 Å². The molecular formula is C21H18N2O5S. The first-order chi connectivity index (χ1) is 13.8. The van der Waals surface area contributed by atoms with Crippen LogP contribution in [0.25, 0.3) is 0 Å². The lowest BCUT2D eigenvalue weighted by atomic mass is 10.2. The second-order valence-corrected chi connectivity index (χ2v) is 7.64. The van der Waals surface area contributed by atoms with Crippen molar-refractivity contribution >= 4 is 27.6 Å². The maximum absolute atomic E-state index is 13.1. The maximum Gasteiger partial charge on any atom is 0.306 e. The van der Waals surface area contributed by atoms with E-state index in [-0.39, 0.29) is 11.4 Å². The molecule has 1 N–H and O–H groups in total. The molecule has 3 rings (SSSR count). The molecule has 3 aromatic rings. The van der Waals surface area contributed by atoms with Gasteiger partial charge < -0.3 is 4.18 Å². The van der Waals surface area contributed by atoms with E-state index in [9.17, 15) is 18.0 Å². The standard InChI is InChI=1S/C21H18N2O5S/c1-29(26,27)28-19-15-9-8-14-18(19)23(21(25)17-12-6-3-7-13-17)22-20(24)16-10-4-2-5-11-16/h2-15H,1H3,(H,22,24). The number of hydrazine groups is 1. The molecule has 148 valence electrons. The van der Waals surface area contributed by atoms with Crippen LogP contribution in [-0.4, -0.2) is 26.5 Å². The first-order valence-corrected chi connectivity index (χ1v) is 10.4. The molecule has 29 heavy (non-hydrogen) atoms. The van der Waals surface area contributed by atoms with Crippen molar-refractivity contribution in [2.75, 3.05) is 11.3 Å². The van der Waals surface area contributed by atoms with Crippen LogP contribution in [-0.2, 0) is 10.1 Å². The van der Waals surface area contributed by atoms with Crippen LogP contribution in [0.2, 0.25) is 0 Å². The van der Waals surface area contributed by atoms with Crippen molar-refractivity contribution < 1.29 is 22.2 Å². The van der Waals surface area contributed by atoms with E-state index in [0.717, 1.165) is 11.3 Å². The molecule has 0 atom stereocenters. The molecule has 8 heteroatoms. The van der Waals surface area contributed by atoms with Gasteiger partial charge in [0.25, 0.3) is 11.8 Å². The van der Waals surface area contributed by atoms with Gasteiger partial charge in [0.05, 0.1) is 6.26 Å². The van der Waals surface area contributed by atoms with Crippen LogP contribution in [0.5, 0.6) is 5.75 Å². The molecule has 0 aromatic heterocycles. The van der Waals surface area contributed by atoms with Crippen LogP contribution in [0.15, 0.2) is 84.9 Å². The highest BCUT2D eigenvalue weighted by Gasteiger charge is 2.25. The Bertz CT molecular complexity index is 1120. The molecule has 7 nitrogen and oxygen atoms in total. The summed E-state index contributed by atoms with van der Waals surface area (Å²) in [5.74, 6) is -1.18. The quantitative estimate of drug-likeness (QED) is 0.516. The highest BCUT2D eigenvalue weighted by atomic mass is 32.2. The number of anilines is 1. The van der Waals surface area contributed by atoms with E-state index in [2.05, 4.69) is 5.43 Å². The summed E-state index contributed by atoms with van der Waals surface area (Å²) < 4.78 is 28.3. The zero-order valence-electron chi connectivity index (χ0n) is 15.5. The molecule has 0 fully saturated rings. The summed E-state index contributed by atoms with van der Waals surface area (Å²) in [7, 11) is -3.85. The van der Waals surface area contributed by atoms with Crippen molar-refractivity contribution in [3.63, 3.8) is 0 Å². The molecule has 0 aliphatic heterocycles. The van der Waals surface area contributed by atoms with Crippen molar-refractivity contribution in [2.45, 2.75) is 0 Å². The largest absolute Gasteiger partial charge is 0.380 e. The Morgan fingerprint density at radius 1 is 0.793 bits per heavy atom. The van der Waals surface area contributed by atoms with Crippen LogP contribution >= 0.6 is 0 Å². The number of nitrogens with one attached hydrogen (secondary N) is 1. The smallest absolute Gasteiger partial charge is 0.306 e. The fraction of sp³-hybridized carbons (Fsp3) is 0.0476. The number of nitrogens with zero attached hydrogens (tertiary/aromatic N) is 1. The Kier molecular flexibility index (Phi) is 5.94. The molecule has 0 heterocycles. The number of hydrogen-bond donors (Lipinski definition) is 1. The van der Waals surface area contributed by atoms with Crippen molar-refractivity contribution in [3.8, 4) is 5.75 Å². The van der Waals surface area contributed by atoms with E-state index in [1.165, 1.54) is 12.1 Å². The third-order valence-electron chi connectivity index (χ3n) is 3.82. The van der Waals surface area contributed by atoms with Crippen LogP contribution in [0.4, 0.5) is 5.69 Å². The van der Waals surface area contributed by atoms with E-state index in [1.807, 2.05) is 0 Å². The number of amides is 2. The van der Waals surface area contributed by atoms with E-state index in [1.54, 1.807) is 72.8 Å². The van der Waals surface area contributed by atoms with E-state index >= 15 is 0 Å². The Labute approximate surface area is 168 Å². The van der Waals surface area contributed by atoms with Gasteiger partial charge in [-0.25, -0.2) is 5.01 Å². The van der Waals surface area contributed by atoms with Crippen LogP contribution in [0.1, 0.15) is 20.7 Å². The molecule has 0 aliphatic rings. The number of carbonyl (C=O) groups is 2. The summed E-state index contributed by atoms with van der Waals surface area (Å²) in [4.78, 5) is 25.8. The van der Waals surface area contributed by atoms with Gasteiger partial charge in [-0.15, -0.1) is 0 Å². The Morgan fingerprint density at radius 3 is 1.90 bits per heavy atom. The van der Waals surface area contributed by atoms with Crippen molar-refractivity contribution in [1.29, 1.82) is 0 Å². The van der Waals surface area contributed by atoms with Crippen LogP contribution in [0.3, 0.4) is 0 Å². The number of para-hydroxylation sites is 2. The minimum atomic E-state index is -3.85. The lowest BCUT2D eigenvalue weighted by Crippen LogP contribution is -2.46. The van der Waals surface area contributed by atoms with Gasteiger partial charge in [-0.2, -0.15) is 8.42 Å². The summed E-state index contributed by atoms with van der Waals surface area (Å²) >= 11 is 0. The minimum Gasteiger partial charge on any atom is -0.380 e. The average molecular weight is 410 g/mol. The van der Waals surface area contributed by atoms with Gasteiger partial charge in [0.1, 0.15) is 5.69 Å². The number of rotatable bonds is 5. The molecule has 3 aromatic carbocycles. The zero-order valence-corrected chi connectivity index (χ0v) is 16.3. The molecular weight excluding hydrogens is 392 g/mol. The SMILES string of the molecule is CS(=O)(=O)Oc1ccccc1N(NC(=O)c1ccccc1)C(=O)c1ccccc1. The number of hydrogen-bond acceptors (Lipinski definition) is 5. The van der Waals surface area contributed by atoms with Gasteiger partial charge in [0.2, 0.25) is 0 Å². The van der Waals surface area contributed by atoms with Crippen molar-refractivity contribution in [1.82, 2.24) is 5.43 Å². The van der Waals surface area contributed by atoms with Gasteiger partial charge >= 0.3 is 10.1 Å². The average Bonchev–Trinajstić information content (AvgIpc) is 2.72. The lowest BCUT2D eigenvalue weighted by molar-refractivity contribution is 0.0887. The van der Waals surface area contributed by atoms with Crippen molar-refractivity contribution in [2.24, 2.45) is 0 Å². The molecule has 0 saturated heterocycles. The third kappa shape index (κ3) is 5.20. The Hall–Kier alpha value is -3.65. The van der Waals surface area contributed by atoms with E-state index in [4.69, 9.17) is 4.18 Å². The highest BCUT2D eigenvalue weighted by molar-refractivity contribution is 7.86. The normalized spacial score (nSPS) is 10.8. The van der Waals surface area contributed by atoms with E-state index < -0.39 is 21.9 Å². The predicted octanol–water partition coefficient (Wildman–Crippen LogP) is 3.02. The summed E-state index contributed by atoms with van der Waals surface area (Å²) in [6, 6.07) is 22.7. The minimum absolute atomic E-state index is 0.0797. The molecule has 0 aliphatic carbocycles. The number of carbonyl (C=O) groups excluding carboxylic acids is 2. The third-order valence-corrected chi connectivity index (χ3v) is 4.30. The zero-order chi connectivity index (χ0) is 20.9. The predicted molar refractivity (Wildman–Crippen MR) is 109 cm³/mol. The second kappa shape index (κ2) is 8.57. The number of benzene rings is 3. The molecule has 0 bridgehead atoms. The van der Waals surface area contributed by atoms with Gasteiger partial charge in [0.15, 0.2) is 5.75 Å². The Balaban J connectivity index is 2.04. The first-order valence-electron chi connectivity index (χ1n) is 8.59. The lowest BCUT2D eigenvalue weighted by Gasteiger charge is -2.25. The monoisotopic (exact) mass is 410 g/mol. The molecule has 2 amide bonds. The second-order valence-electron chi connectivity index (χ2n) is 6.07. The fourth-order valence-corrected chi connectivity index (χ4v) is 3.03. The summed E-state index contributed by atoms with van der Waals surface area (Å²) in [6.45, 7) is 0. The summed E-state index contributed by atoms with van der Waals surface area (Å²) in [5, 5.41) is 0.977. The maximum atomic E-state index is 13.1.